The molecule has 0 saturated heterocycles. The monoisotopic (exact) mass is 211 g/mol. The molecule has 0 saturated carbocycles. The average Bonchev–Trinajstić information content (AvgIpc) is 2.54. The Bertz CT molecular complexity index is 263. The van der Waals surface area contributed by atoms with E-state index < -0.39 is 6.68 Å². The van der Waals surface area contributed by atoms with E-state index in [0.29, 0.717) is 5.25 Å². The van der Waals surface area contributed by atoms with Crippen molar-refractivity contribution in [3.8, 4) is 0 Å². The van der Waals surface area contributed by atoms with Crippen molar-refractivity contribution in [1.82, 2.24) is 14.8 Å². The van der Waals surface area contributed by atoms with Crippen LogP contribution in [-0.4, -0.2) is 21.4 Å². The second-order valence-corrected chi connectivity index (χ2v) is 3.06. The smallest absolute Gasteiger partial charge is 0.317 e. The van der Waals surface area contributed by atoms with E-state index in [4.69, 9.17) is 0 Å². The molecule has 0 aliphatic carbocycles. The predicted molar refractivity (Wildman–Crippen MR) is 43.5 cm³/mol. The summed E-state index contributed by atoms with van der Waals surface area (Å²) in [7, 11) is 0. The molecule has 1 aliphatic heterocycles. The highest BCUT2D eigenvalue weighted by Crippen LogP contribution is 2.27. The minimum atomic E-state index is -3.67. The van der Waals surface area contributed by atoms with Gasteiger partial charge in [0.25, 0.3) is 0 Å². The molecule has 3 nitrogen and oxygen atoms in total. The first kappa shape index (κ1) is 10.4. The zero-order valence-electron chi connectivity index (χ0n) is 6.57. The van der Waals surface area contributed by atoms with Crippen LogP contribution >= 0.6 is 12.6 Å². The number of rotatable bonds is 0. The van der Waals surface area contributed by atoms with Crippen LogP contribution in [0, 0.1) is 0 Å². The van der Waals surface area contributed by atoms with Gasteiger partial charge in [0.05, 0.1) is 5.25 Å². The Balaban J connectivity index is 0.000000184. The van der Waals surface area contributed by atoms with Gasteiger partial charge in [-0.1, -0.05) is 0 Å². The lowest BCUT2D eigenvalue weighted by Gasteiger charge is -1.91. The summed E-state index contributed by atoms with van der Waals surface area (Å²) in [5.41, 5.74) is 0. The van der Waals surface area contributed by atoms with E-state index in [-0.39, 0.29) is 0 Å². The van der Waals surface area contributed by atoms with Gasteiger partial charge in [0.2, 0.25) is 0 Å². The van der Waals surface area contributed by atoms with E-state index in [2.05, 4.69) is 22.8 Å². The summed E-state index contributed by atoms with van der Waals surface area (Å²) in [5.74, 6) is 1.01. The Morgan fingerprint density at radius 3 is 2.69 bits per heavy atom. The summed E-state index contributed by atoms with van der Waals surface area (Å²) in [6, 6.07) is 0. The van der Waals surface area contributed by atoms with E-state index in [9.17, 15) is 13.2 Å². The van der Waals surface area contributed by atoms with Gasteiger partial charge in [-0.25, -0.2) is 0 Å². The van der Waals surface area contributed by atoms with Gasteiger partial charge in [-0.2, -0.15) is 25.8 Å². The lowest BCUT2D eigenvalue weighted by atomic mass is 10.3. The van der Waals surface area contributed by atoms with Crippen LogP contribution in [0.2, 0.25) is 0 Å². The van der Waals surface area contributed by atoms with Crippen molar-refractivity contribution < 1.29 is 13.2 Å². The lowest BCUT2D eigenvalue weighted by molar-refractivity contribution is 0.00819. The maximum Gasteiger partial charge on any atom is 0.379 e. The highest BCUT2D eigenvalue weighted by molar-refractivity contribution is 7.80. The van der Waals surface area contributed by atoms with E-state index in [1.807, 2.05) is 4.57 Å². The molecule has 7 heteroatoms. The van der Waals surface area contributed by atoms with Crippen LogP contribution in [0.4, 0.5) is 13.2 Å². The van der Waals surface area contributed by atoms with Crippen LogP contribution in [0.3, 0.4) is 0 Å². The molecule has 1 unspecified atom stereocenters. The van der Waals surface area contributed by atoms with Gasteiger partial charge in [-0.3, -0.25) is 0 Å². The number of hydrogen-bond donors (Lipinski definition) is 1. The number of hydrogen-bond acceptors (Lipinski definition) is 3. The number of fused-ring (bicyclic) bond motifs is 1. The predicted octanol–water partition coefficient (Wildman–Crippen LogP) is 1.83. The van der Waals surface area contributed by atoms with Crippen LogP contribution in [-0.2, 0) is 6.54 Å². The summed E-state index contributed by atoms with van der Waals surface area (Å²) in [5, 5.41) is 7.99. The van der Waals surface area contributed by atoms with Gasteiger partial charge >= 0.3 is 6.68 Å². The first-order valence-corrected chi connectivity index (χ1v) is 4.11. The van der Waals surface area contributed by atoms with E-state index in [1.54, 1.807) is 6.33 Å². The van der Waals surface area contributed by atoms with Gasteiger partial charge in [0.15, 0.2) is 0 Å². The molecule has 0 fully saturated rings. The minimum Gasteiger partial charge on any atom is -0.317 e. The molecule has 0 amide bonds. The minimum absolute atomic E-state index is 0.312. The second-order valence-electron chi connectivity index (χ2n) is 2.43. The van der Waals surface area contributed by atoms with Crippen molar-refractivity contribution in [2.75, 3.05) is 0 Å². The SMILES string of the molecule is FC(F)F.SC1CCn2cnnc21. The fourth-order valence-corrected chi connectivity index (χ4v) is 1.40. The third-order valence-corrected chi connectivity index (χ3v) is 2.08. The van der Waals surface area contributed by atoms with Gasteiger partial charge in [0.1, 0.15) is 12.2 Å². The molecule has 1 atom stereocenters. The molecular formula is C6H8F3N3S. The van der Waals surface area contributed by atoms with Crippen molar-refractivity contribution in [2.24, 2.45) is 0 Å². The molecule has 1 aliphatic rings. The first-order valence-electron chi connectivity index (χ1n) is 3.59. The third kappa shape index (κ3) is 2.91. The normalized spacial score (nSPS) is 19.6. The molecular weight excluding hydrogens is 203 g/mol. The molecule has 1 aromatic rings. The Labute approximate surface area is 78.4 Å². The summed E-state index contributed by atoms with van der Waals surface area (Å²) in [6.07, 6.45) is 2.85. The zero-order chi connectivity index (χ0) is 9.84. The van der Waals surface area contributed by atoms with E-state index in [0.717, 1.165) is 18.8 Å². The molecule has 0 bridgehead atoms. The molecule has 0 spiro atoms. The zero-order valence-corrected chi connectivity index (χ0v) is 7.46. The average molecular weight is 211 g/mol. The molecule has 2 heterocycles. The highest BCUT2D eigenvalue weighted by Gasteiger charge is 2.20. The Hall–Kier alpha value is -0.720. The molecule has 74 valence electrons. The summed E-state index contributed by atoms with van der Waals surface area (Å²) < 4.78 is 31.0. The summed E-state index contributed by atoms with van der Waals surface area (Å²) in [4.78, 5) is 0. The number of aryl methyl sites for hydroxylation is 1. The van der Waals surface area contributed by atoms with Crippen LogP contribution in [0.25, 0.3) is 0 Å². The molecule has 13 heavy (non-hydrogen) atoms. The van der Waals surface area contributed by atoms with Crippen LogP contribution in [0.5, 0.6) is 0 Å². The summed E-state index contributed by atoms with van der Waals surface area (Å²) in [6.45, 7) is -2.64. The molecule has 2 rings (SSSR count). The number of nitrogens with zero attached hydrogens (tertiary/aromatic N) is 3. The van der Waals surface area contributed by atoms with E-state index >= 15 is 0 Å². The summed E-state index contributed by atoms with van der Waals surface area (Å²) >= 11 is 4.31. The maximum atomic E-state index is 9.67. The third-order valence-electron chi connectivity index (χ3n) is 1.59. The van der Waals surface area contributed by atoms with Crippen LogP contribution < -0.4 is 0 Å². The number of halogens is 3. The first-order chi connectivity index (χ1) is 6.11. The van der Waals surface area contributed by atoms with Crippen molar-refractivity contribution in [3.05, 3.63) is 12.2 Å². The second kappa shape index (κ2) is 4.50. The number of alkyl halides is 3. The Morgan fingerprint density at radius 1 is 1.54 bits per heavy atom. The van der Waals surface area contributed by atoms with Crippen LogP contribution in [0.1, 0.15) is 17.5 Å². The van der Waals surface area contributed by atoms with Crippen LogP contribution in [0.15, 0.2) is 6.33 Å². The van der Waals surface area contributed by atoms with E-state index in [1.165, 1.54) is 0 Å². The van der Waals surface area contributed by atoms with Crippen molar-refractivity contribution in [2.45, 2.75) is 24.9 Å². The maximum absolute atomic E-state index is 9.67. The quantitative estimate of drug-likeness (QED) is 0.664. The topological polar surface area (TPSA) is 30.7 Å². The molecule has 0 N–H and O–H groups in total. The fourth-order valence-electron chi connectivity index (χ4n) is 1.08. The van der Waals surface area contributed by atoms with Gasteiger partial charge in [-0.15, -0.1) is 10.2 Å². The van der Waals surface area contributed by atoms with Crippen molar-refractivity contribution in [1.29, 1.82) is 0 Å². The Morgan fingerprint density at radius 2 is 2.15 bits per heavy atom. The molecule has 0 aromatic carbocycles. The van der Waals surface area contributed by atoms with Gasteiger partial charge in [0, 0.05) is 6.54 Å². The highest BCUT2D eigenvalue weighted by atomic mass is 32.1. The van der Waals surface area contributed by atoms with Gasteiger partial charge < -0.3 is 4.57 Å². The fraction of sp³-hybridized carbons (Fsp3) is 0.667. The molecule has 0 radical (unpaired) electrons. The molecule has 1 aromatic heterocycles. The standard InChI is InChI=1S/C5H7N3S.CHF3/c9-4-1-2-8-3-6-7-5(4)8;2-1(3)4/h3-4,9H,1-2H2;1H. The number of thiol groups is 1. The number of aromatic nitrogens is 3. The van der Waals surface area contributed by atoms with Crippen molar-refractivity contribution >= 4 is 12.6 Å². The van der Waals surface area contributed by atoms with Crippen molar-refractivity contribution in [3.63, 3.8) is 0 Å². The Kier molecular flexibility index (Phi) is 3.58. The van der Waals surface area contributed by atoms with Gasteiger partial charge in [-0.05, 0) is 6.42 Å². The lowest BCUT2D eigenvalue weighted by Crippen LogP contribution is -1.88. The largest absolute Gasteiger partial charge is 0.379 e.